The monoisotopic (exact) mass is 263 g/mol. The zero-order valence-electron chi connectivity index (χ0n) is 12.4. The number of carbonyl (C=O) groups is 1. The molecular formula is C15H25N3O. The van der Waals surface area contributed by atoms with Crippen LogP contribution in [0.1, 0.15) is 23.7 Å². The number of benzene rings is 1. The van der Waals surface area contributed by atoms with Crippen LogP contribution in [0.3, 0.4) is 0 Å². The normalized spacial score (nSPS) is 10.6. The first-order chi connectivity index (χ1) is 9.06. The van der Waals surface area contributed by atoms with Crippen molar-refractivity contribution in [1.82, 2.24) is 9.80 Å². The summed E-state index contributed by atoms with van der Waals surface area (Å²) in [5.74, 6) is 0.0790. The minimum atomic E-state index is 0.0790. The Kier molecular flexibility index (Phi) is 6.36. The first-order valence-corrected chi connectivity index (χ1v) is 6.79. The van der Waals surface area contributed by atoms with E-state index in [4.69, 9.17) is 0 Å². The van der Waals surface area contributed by atoms with E-state index in [9.17, 15) is 4.79 Å². The largest absolute Gasteiger partial charge is 0.385 e. The predicted molar refractivity (Wildman–Crippen MR) is 80.7 cm³/mol. The van der Waals surface area contributed by atoms with Gasteiger partial charge in [-0.1, -0.05) is 12.1 Å². The van der Waals surface area contributed by atoms with Gasteiger partial charge in [0.15, 0.2) is 0 Å². The van der Waals surface area contributed by atoms with Gasteiger partial charge in [0, 0.05) is 25.8 Å². The molecule has 106 valence electrons. The van der Waals surface area contributed by atoms with Crippen molar-refractivity contribution in [3.8, 4) is 0 Å². The molecule has 0 spiro atoms. The molecule has 1 aromatic carbocycles. The van der Waals surface area contributed by atoms with E-state index in [0.29, 0.717) is 0 Å². The van der Waals surface area contributed by atoms with Crippen molar-refractivity contribution in [1.29, 1.82) is 0 Å². The summed E-state index contributed by atoms with van der Waals surface area (Å²) < 4.78 is 0. The van der Waals surface area contributed by atoms with Crippen LogP contribution in [0.5, 0.6) is 0 Å². The van der Waals surface area contributed by atoms with Gasteiger partial charge in [0.1, 0.15) is 0 Å². The van der Waals surface area contributed by atoms with Crippen LogP contribution in [-0.4, -0.2) is 56.5 Å². The van der Waals surface area contributed by atoms with Gasteiger partial charge in [-0.05, 0) is 46.1 Å². The van der Waals surface area contributed by atoms with Crippen LogP contribution in [0.25, 0.3) is 0 Å². The van der Waals surface area contributed by atoms with Gasteiger partial charge in [-0.3, -0.25) is 4.79 Å². The molecule has 0 radical (unpaired) electrons. The number of amides is 1. The van der Waals surface area contributed by atoms with Crippen molar-refractivity contribution in [2.75, 3.05) is 46.1 Å². The fraction of sp³-hybridized carbons (Fsp3) is 0.533. The van der Waals surface area contributed by atoms with Gasteiger partial charge in [-0.25, -0.2) is 0 Å². The second-order valence-corrected chi connectivity index (χ2v) is 4.96. The van der Waals surface area contributed by atoms with E-state index in [2.05, 4.69) is 10.2 Å². The number of para-hydroxylation sites is 1. The Hall–Kier alpha value is -1.55. The molecule has 1 N–H and O–H groups in total. The Labute approximate surface area is 116 Å². The van der Waals surface area contributed by atoms with Crippen LogP contribution in [0.4, 0.5) is 5.69 Å². The molecule has 0 aliphatic heterocycles. The molecule has 0 saturated carbocycles. The van der Waals surface area contributed by atoms with Crippen molar-refractivity contribution in [3.63, 3.8) is 0 Å². The molecule has 0 aliphatic rings. The maximum atomic E-state index is 12.4. The minimum Gasteiger partial charge on any atom is -0.385 e. The Bertz CT molecular complexity index is 404. The van der Waals surface area contributed by atoms with Gasteiger partial charge in [0.05, 0.1) is 5.56 Å². The summed E-state index contributed by atoms with van der Waals surface area (Å²) in [5.41, 5.74) is 1.66. The third-order valence-corrected chi connectivity index (χ3v) is 2.97. The van der Waals surface area contributed by atoms with E-state index in [1.807, 2.05) is 52.3 Å². The number of hydrogen-bond donors (Lipinski definition) is 1. The summed E-state index contributed by atoms with van der Waals surface area (Å²) in [4.78, 5) is 16.3. The summed E-state index contributed by atoms with van der Waals surface area (Å²) in [6.07, 6.45) is 0.985. The van der Waals surface area contributed by atoms with Crippen LogP contribution in [0.2, 0.25) is 0 Å². The highest BCUT2D eigenvalue weighted by Gasteiger charge is 2.14. The first-order valence-electron chi connectivity index (χ1n) is 6.79. The van der Waals surface area contributed by atoms with E-state index in [0.717, 1.165) is 37.3 Å². The zero-order valence-corrected chi connectivity index (χ0v) is 12.4. The van der Waals surface area contributed by atoms with Gasteiger partial charge in [0.2, 0.25) is 0 Å². The lowest BCUT2D eigenvalue weighted by Crippen LogP contribution is -2.30. The van der Waals surface area contributed by atoms with E-state index < -0.39 is 0 Å². The van der Waals surface area contributed by atoms with E-state index in [1.54, 1.807) is 4.90 Å². The van der Waals surface area contributed by atoms with Crippen molar-refractivity contribution >= 4 is 11.6 Å². The number of hydrogen-bond acceptors (Lipinski definition) is 3. The van der Waals surface area contributed by atoms with Crippen LogP contribution < -0.4 is 5.32 Å². The van der Waals surface area contributed by atoms with Crippen LogP contribution in [0, 0.1) is 0 Å². The number of nitrogens with zero attached hydrogens (tertiary/aromatic N) is 2. The Morgan fingerprint density at radius 2 is 1.84 bits per heavy atom. The maximum Gasteiger partial charge on any atom is 0.255 e. The van der Waals surface area contributed by atoms with Gasteiger partial charge < -0.3 is 15.1 Å². The molecule has 1 aromatic rings. The Morgan fingerprint density at radius 3 is 2.47 bits per heavy atom. The molecule has 19 heavy (non-hydrogen) atoms. The highest BCUT2D eigenvalue weighted by atomic mass is 16.2. The summed E-state index contributed by atoms with van der Waals surface area (Å²) in [6.45, 7) is 4.61. The smallest absolute Gasteiger partial charge is 0.255 e. The molecule has 1 rings (SSSR count). The lowest BCUT2D eigenvalue weighted by atomic mass is 10.1. The number of anilines is 1. The van der Waals surface area contributed by atoms with Crippen molar-refractivity contribution in [2.45, 2.75) is 13.3 Å². The maximum absolute atomic E-state index is 12.4. The molecule has 0 aliphatic carbocycles. The minimum absolute atomic E-state index is 0.0790. The van der Waals surface area contributed by atoms with Crippen LogP contribution >= 0.6 is 0 Å². The predicted octanol–water partition coefficient (Wildman–Crippen LogP) is 2.14. The summed E-state index contributed by atoms with van der Waals surface area (Å²) >= 11 is 0. The highest BCUT2D eigenvalue weighted by Crippen LogP contribution is 2.16. The zero-order chi connectivity index (χ0) is 14.3. The molecule has 0 unspecified atom stereocenters. The summed E-state index contributed by atoms with van der Waals surface area (Å²) in [5, 5.41) is 3.23. The molecule has 0 aromatic heterocycles. The SMILES string of the molecule is CCNc1ccccc1C(=O)N(C)CCCN(C)C. The van der Waals surface area contributed by atoms with Gasteiger partial charge in [-0.2, -0.15) is 0 Å². The Balaban J connectivity index is 2.65. The quantitative estimate of drug-likeness (QED) is 0.818. The highest BCUT2D eigenvalue weighted by molar-refractivity contribution is 5.99. The van der Waals surface area contributed by atoms with E-state index in [-0.39, 0.29) is 5.91 Å². The van der Waals surface area contributed by atoms with E-state index >= 15 is 0 Å². The second kappa shape index (κ2) is 7.79. The molecule has 0 bridgehead atoms. The molecule has 0 atom stereocenters. The van der Waals surface area contributed by atoms with Crippen molar-refractivity contribution in [3.05, 3.63) is 29.8 Å². The topological polar surface area (TPSA) is 35.6 Å². The average molecular weight is 263 g/mol. The van der Waals surface area contributed by atoms with Crippen LogP contribution in [-0.2, 0) is 0 Å². The summed E-state index contributed by atoms with van der Waals surface area (Å²) in [7, 11) is 5.95. The molecular weight excluding hydrogens is 238 g/mol. The molecule has 4 heteroatoms. The lowest BCUT2D eigenvalue weighted by Gasteiger charge is -2.20. The third kappa shape index (κ3) is 4.91. The number of carbonyl (C=O) groups excluding carboxylic acids is 1. The first kappa shape index (κ1) is 15.5. The van der Waals surface area contributed by atoms with Gasteiger partial charge in [0.25, 0.3) is 5.91 Å². The van der Waals surface area contributed by atoms with Gasteiger partial charge >= 0.3 is 0 Å². The van der Waals surface area contributed by atoms with E-state index in [1.165, 1.54) is 0 Å². The summed E-state index contributed by atoms with van der Waals surface area (Å²) in [6, 6.07) is 7.68. The molecule has 1 amide bonds. The number of rotatable bonds is 7. The fourth-order valence-corrected chi connectivity index (χ4v) is 1.95. The molecule has 0 saturated heterocycles. The number of nitrogens with one attached hydrogen (secondary N) is 1. The molecule has 0 heterocycles. The lowest BCUT2D eigenvalue weighted by molar-refractivity contribution is 0.0791. The third-order valence-electron chi connectivity index (χ3n) is 2.97. The standard InChI is InChI=1S/C15H25N3O/c1-5-16-14-10-7-6-9-13(14)15(19)18(4)12-8-11-17(2)3/h6-7,9-10,16H,5,8,11-12H2,1-4H3. The Morgan fingerprint density at radius 1 is 1.16 bits per heavy atom. The van der Waals surface area contributed by atoms with Gasteiger partial charge in [-0.15, -0.1) is 0 Å². The molecule has 4 nitrogen and oxygen atoms in total. The second-order valence-electron chi connectivity index (χ2n) is 4.96. The molecule has 0 fully saturated rings. The fourth-order valence-electron chi connectivity index (χ4n) is 1.95. The average Bonchev–Trinajstić information content (AvgIpc) is 2.38. The van der Waals surface area contributed by atoms with Crippen molar-refractivity contribution < 1.29 is 4.79 Å². The van der Waals surface area contributed by atoms with Crippen LogP contribution in [0.15, 0.2) is 24.3 Å². The van der Waals surface area contributed by atoms with Crippen molar-refractivity contribution in [2.24, 2.45) is 0 Å².